The largest absolute Gasteiger partial charge is 0.481 e. The summed E-state index contributed by atoms with van der Waals surface area (Å²) < 4.78 is 22.6. The Balaban J connectivity index is 1.27. The number of nitrogens with one attached hydrogen (secondary N) is 3. The van der Waals surface area contributed by atoms with E-state index >= 15 is 0 Å². The molecule has 2 aromatic carbocycles. The van der Waals surface area contributed by atoms with Gasteiger partial charge in [0.15, 0.2) is 0 Å². The number of carbonyl (C=O) groups excluding carboxylic acids is 1. The molecule has 256 valence electrons. The summed E-state index contributed by atoms with van der Waals surface area (Å²) in [5.41, 5.74) is 3.86. The highest BCUT2D eigenvalue weighted by molar-refractivity contribution is 6.39. The Morgan fingerprint density at radius 1 is 1.00 bits per heavy atom. The number of carbonyl (C=O) groups is 1. The van der Waals surface area contributed by atoms with E-state index in [0.29, 0.717) is 74.7 Å². The fraction of sp³-hybridized carbons (Fsp3) is 0.333. The van der Waals surface area contributed by atoms with Crippen molar-refractivity contribution < 1.29 is 13.9 Å². The van der Waals surface area contributed by atoms with E-state index in [1.165, 1.54) is 22.9 Å². The minimum absolute atomic E-state index is 0.0878. The molecule has 1 aliphatic rings. The quantitative estimate of drug-likeness (QED) is 0.147. The number of amides is 1. The van der Waals surface area contributed by atoms with Crippen molar-refractivity contribution in [3.05, 3.63) is 92.6 Å². The summed E-state index contributed by atoms with van der Waals surface area (Å²) in [6.07, 6.45) is 3.15. The third-order valence-corrected chi connectivity index (χ3v) is 9.38. The van der Waals surface area contributed by atoms with Crippen molar-refractivity contribution >= 4 is 34.6 Å². The lowest BCUT2D eigenvalue weighted by molar-refractivity contribution is -0.119. The fourth-order valence-electron chi connectivity index (χ4n) is 5.99. The predicted octanol–water partition coefficient (Wildman–Crippen LogP) is 5.95. The first-order chi connectivity index (χ1) is 23.4. The maximum absolute atomic E-state index is 14.0. The first-order valence-corrected chi connectivity index (χ1v) is 16.8. The van der Waals surface area contributed by atoms with Crippen LogP contribution in [-0.4, -0.2) is 57.0 Å². The highest BCUT2D eigenvalue weighted by Gasteiger charge is 2.22. The van der Waals surface area contributed by atoms with Crippen LogP contribution in [0.25, 0.3) is 39.0 Å². The summed E-state index contributed by atoms with van der Waals surface area (Å²) in [5, 5.41) is 14.9. The van der Waals surface area contributed by atoms with Gasteiger partial charge in [0.05, 0.1) is 29.4 Å². The molecule has 1 fully saturated rings. The van der Waals surface area contributed by atoms with Crippen LogP contribution in [0.3, 0.4) is 0 Å². The molecule has 13 heteroatoms. The molecule has 1 atom stereocenters. The van der Waals surface area contributed by atoms with Crippen LogP contribution in [0.1, 0.15) is 38.1 Å². The number of rotatable bonds is 12. The minimum Gasteiger partial charge on any atom is -0.481 e. The van der Waals surface area contributed by atoms with Gasteiger partial charge in [-0.3, -0.25) is 14.2 Å². The zero-order valence-corrected chi connectivity index (χ0v) is 29.3. The summed E-state index contributed by atoms with van der Waals surface area (Å²) >= 11 is 14.1. The van der Waals surface area contributed by atoms with E-state index in [2.05, 4.69) is 21.0 Å². The Bertz CT molecular complexity index is 2090. The maximum Gasteiger partial charge on any atom is 0.277 e. The summed E-state index contributed by atoms with van der Waals surface area (Å²) in [7, 11) is 3.23. The molecule has 0 saturated carbocycles. The Kier molecular flexibility index (Phi) is 10.1. The number of halogens is 3. The number of ether oxygens (including phenoxy) is 1. The monoisotopic (exact) mass is 705 g/mol. The van der Waals surface area contributed by atoms with Gasteiger partial charge in [0.25, 0.3) is 5.56 Å². The summed E-state index contributed by atoms with van der Waals surface area (Å²) in [5.74, 6) is 1.04. The normalized spacial score (nSPS) is 14.8. The summed E-state index contributed by atoms with van der Waals surface area (Å²) in [4.78, 5) is 29.5. The second-order valence-corrected chi connectivity index (χ2v) is 13.6. The lowest BCUT2D eigenvalue weighted by atomic mass is 9.97. The van der Waals surface area contributed by atoms with Gasteiger partial charge in [-0.25, -0.2) is 13.9 Å². The number of nitrogens with zero attached hydrogens (tertiary/aromatic N) is 4. The molecule has 3 N–H and O–H groups in total. The lowest BCUT2D eigenvalue weighted by Crippen LogP contribution is -2.35. The van der Waals surface area contributed by atoms with Gasteiger partial charge in [-0.2, -0.15) is 5.10 Å². The molecule has 5 aromatic rings. The number of benzene rings is 2. The highest BCUT2D eigenvalue weighted by atomic mass is 35.5. The van der Waals surface area contributed by atoms with E-state index in [1.807, 2.05) is 48.5 Å². The van der Waals surface area contributed by atoms with Crippen molar-refractivity contribution in [3.63, 3.8) is 0 Å². The Hall–Kier alpha value is -4.29. The zero-order valence-electron chi connectivity index (χ0n) is 27.7. The van der Waals surface area contributed by atoms with Gasteiger partial charge < -0.3 is 20.7 Å². The number of hydrogen-bond acceptors (Lipinski definition) is 7. The molecule has 0 radical (unpaired) electrons. The molecular weight excluding hydrogens is 668 g/mol. The number of alkyl halides is 1. The molecule has 6 rings (SSSR count). The molecule has 1 amide bonds. The van der Waals surface area contributed by atoms with Crippen LogP contribution in [-0.2, 0) is 24.9 Å². The van der Waals surface area contributed by atoms with E-state index in [1.54, 1.807) is 26.4 Å². The van der Waals surface area contributed by atoms with Crippen LogP contribution in [0.2, 0.25) is 10.0 Å². The van der Waals surface area contributed by atoms with Crippen molar-refractivity contribution in [2.45, 2.75) is 51.5 Å². The standard InChI is InChI=1S/C36H38Cl2FN7O3/c1-36(2,39)20-41-18-30-44-46-19-22(15-29(46)35(48)45(30)3)24-7-5-8-25(32(24)37)26-9-6-10-27(33(26)38)28-13-11-21(34(43-28)49-4)16-40-17-23-12-14-31(47)42-23/h5-11,13,15,19,23,40-41H,12,14,16-18,20H2,1-4H3,(H,42,47)/t23-/m1/s1. The van der Waals surface area contributed by atoms with Crippen molar-refractivity contribution in [2.75, 3.05) is 20.2 Å². The van der Waals surface area contributed by atoms with Gasteiger partial charge in [0.1, 0.15) is 17.0 Å². The van der Waals surface area contributed by atoms with Crippen molar-refractivity contribution in [1.82, 2.24) is 35.1 Å². The third kappa shape index (κ3) is 7.50. The zero-order chi connectivity index (χ0) is 34.9. The summed E-state index contributed by atoms with van der Waals surface area (Å²) in [6.45, 7) is 4.53. The molecule has 4 heterocycles. The van der Waals surface area contributed by atoms with Crippen LogP contribution in [0.5, 0.6) is 5.88 Å². The van der Waals surface area contributed by atoms with Crippen LogP contribution < -0.4 is 26.2 Å². The molecular formula is C36H38Cl2FN7O3. The topological polar surface area (TPSA) is 115 Å². The Morgan fingerprint density at radius 2 is 1.69 bits per heavy atom. The second kappa shape index (κ2) is 14.3. The van der Waals surface area contributed by atoms with Gasteiger partial charge in [0.2, 0.25) is 11.8 Å². The number of hydrogen-bond donors (Lipinski definition) is 3. The molecule has 49 heavy (non-hydrogen) atoms. The maximum atomic E-state index is 14.0. The molecule has 0 unspecified atom stereocenters. The average molecular weight is 707 g/mol. The minimum atomic E-state index is -1.39. The van der Waals surface area contributed by atoms with Crippen molar-refractivity contribution in [2.24, 2.45) is 7.05 Å². The van der Waals surface area contributed by atoms with Gasteiger partial charge in [0, 0.05) is 78.7 Å². The third-order valence-electron chi connectivity index (χ3n) is 8.56. The Morgan fingerprint density at radius 3 is 2.37 bits per heavy atom. The van der Waals surface area contributed by atoms with Gasteiger partial charge in [-0.1, -0.05) is 65.7 Å². The first-order valence-electron chi connectivity index (χ1n) is 16.0. The number of methoxy groups -OCH3 is 1. The molecule has 0 aliphatic carbocycles. The molecule has 1 aliphatic heterocycles. The summed E-state index contributed by atoms with van der Waals surface area (Å²) in [6, 6.07) is 17.1. The second-order valence-electron chi connectivity index (χ2n) is 12.8. The van der Waals surface area contributed by atoms with Crippen molar-refractivity contribution in [3.8, 4) is 39.4 Å². The SMILES string of the molecule is COc1nc(-c2cccc(-c3cccc(-c4cc5c(=O)n(C)c(CNCC(C)(C)F)nn5c4)c3Cl)c2Cl)ccc1CNC[C@H]1CCC(=O)N1. The average Bonchev–Trinajstić information content (AvgIpc) is 3.69. The smallest absolute Gasteiger partial charge is 0.277 e. The lowest BCUT2D eigenvalue weighted by Gasteiger charge is -2.15. The number of aromatic nitrogens is 4. The molecule has 10 nitrogen and oxygen atoms in total. The van der Waals surface area contributed by atoms with Gasteiger partial charge in [-0.15, -0.1) is 0 Å². The fourth-order valence-corrected chi connectivity index (χ4v) is 6.65. The molecule has 1 saturated heterocycles. The highest BCUT2D eigenvalue weighted by Crippen LogP contribution is 2.42. The van der Waals surface area contributed by atoms with Gasteiger partial charge >= 0.3 is 0 Å². The number of pyridine rings is 1. The van der Waals surface area contributed by atoms with Crippen LogP contribution >= 0.6 is 23.2 Å². The van der Waals surface area contributed by atoms with E-state index in [9.17, 15) is 14.0 Å². The molecule has 0 bridgehead atoms. The van der Waals surface area contributed by atoms with Crippen LogP contribution in [0.15, 0.2) is 65.6 Å². The number of fused-ring (bicyclic) bond motifs is 1. The van der Waals surface area contributed by atoms with E-state index < -0.39 is 5.67 Å². The van der Waals surface area contributed by atoms with E-state index in [0.717, 1.165) is 17.5 Å². The van der Waals surface area contributed by atoms with Crippen LogP contribution in [0.4, 0.5) is 4.39 Å². The molecule has 3 aromatic heterocycles. The predicted molar refractivity (Wildman–Crippen MR) is 191 cm³/mol. The molecule has 0 spiro atoms. The van der Waals surface area contributed by atoms with Gasteiger partial charge in [-0.05, 0) is 32.4 Å². The first kappa shape index (κ1) is 34.6. The van der Waals surface area contributed by atoms with Crippen LogP contribution in [0, 0.1) is 0 Å². The van der Waals surface area contributed by atoms with E-state index in [4.69, 9.17) is 32.9 Å². The van der Waals surface area contributed by atoms with Crippen molar-refractivity contribution in [1.29, 1.82) is 0 Å². The van der Waals surface area contributed by atoms with E-state index in [-0.39, 0.29) is 30.6 Å². The Labute approximate surface area is 293 Å².